The van der Waals surface area contributed by atoms with Gasteiger partial charge < -0.3 is 10.2 Å². The number of hydrogen-bond donors (Lipinski definition) is 1. The molecule has 0 unspecified atom stereocenters. The molecule has 0 aliphatic carbocycles. The Morgan fingerprint density at radius 3 is 2.46 bits per heavy atom. The minimum atomic E-state index is -0.0320. The maximum atomic E-state index is 12.5. The number of likely N-dealkylation sites (tertiary alicyclic amines) is 1. The van der Waals surface area contributed by atoms with Crippen molar-refractivity contribution in [3.8, 4) is 0 Å². The minimum Gasteiger partial charge on any atom is -0.324 e. The molecule has 3 rings (SSSR count). The van der Waals surface area contributed by atoms with Crippen LogP contribution < -0.4 is 5.32 Å². The summed E-state index contributed by atoms with van der Waals surface area (Å²) in [5.41, 5.74) is 1.89. The second-order valence-corrected chi connectivity index (χ2v) is 7.18. The molecule has 1 saturated heterocycles. The number of hydrogen-bond acceptors (Lipinski definition) is 3. The van der Waals surface area contributed by atoms with Crippen molar-refractivity contribution in [2.24, 2.45) is 0 Å². The Morgan fingerprint density at radius 1 is 1.04 bits per heavy atom. The quantitative estimate of drug-likeness (QED) is 0.765. The van der Waals surface area contributed by atoms with Crippen molar-refractivity contribution in [1.29, 1.82) is 0 Å². The highest BCUT2D eigenvalue weighted by molar-refractivity contribution is 6.33. The van der Waals surface area contributed by atoms with Crippen molar-refractivity contribution < 1.29 is 4.79 Å². The first kappa shape index (κ1) is 18.9. The Labute approximate surface area is 160 Å². The highest BCUT2D eigenvalue weighted by Crippen LogP contribution is 2.20. The van der Waals surface area contributed by atoms with Gasteiger partial charge in [0.1, 0.15) is 0 Å². The molecule has 0 radical (unpaired) electrons. The zero-order chi connectivity index (χ0) is 18.2. The van der Waals surface area contributed by atoms with Gasteiger partial charge in [-0.05, 0) is 43.6 Å². The van der Waals surface area contributed by atoms with E-state index in [0.29, 0.717) is 17.3 Å². The molecule has 0 atom stereocenters. The van der Waals surface area contributed by atoms with Gasteiger partial charge in [0.25, 0.3) is 0 Å². The second-order valence-electron chi connectivity index (χ2n) is 6.77. The highest BCUT2D eigenvalue weighted by atomic mass is 35.5. The maximum absolute atomic E-state index is 12.5. The first-order chi connectivity index (χ1) is 12.7. The van der Waals surface area contributed by atoms with Gasteiger partial charge >= 0.3 is 0 Å². The van der Waals surface area contributed by atoms with E-state index in [2.05, 4.69) is 27.2 Å². The van der Waals surface area contributed by atoms with Crippen molar-refractivity contribution in [2.45, 2.75) is 19.4 Å². The van der Waals surface area contributed by atoms with Crippen LogP contribution in [0.4, 0.5) is 5.69 Å². The molecular formula is C21H26ClN3O. The summed E-state index contributed by atoms with van der Waals surface area (Å²) < 4.78 is 0. The molecule has 0 aromatic heterocycles. The summed E-state index contributed by atoms with van der Waals surface area (Å²) in [6.45, 7) is 5.35. The van der Waals surface area contributed by atoms with Gasteiger partial charge in [-0.1, -0.05) is 54.1 Å². The summed E-state index contributed by atoms with van der Waals surface area (Å²) in [6.07, 6.45) is 2.57. The standard InChI is InChI=1S/C21H26ClN3O/c22-19-10-4-5-11-20(19)23-21(26)17-25(15-14-24-12-6-7-13-24)16-18-8-2-1-3-9-18/h1-5,8-11H,6-7,12-17H2,(H,23,26). The van der Waals surface area contributed by atoms with Crippen LogP contribution in [0, 0.1) is 0 Å². The monoisotopic (exact) mass is 371 g/mol. The molecule has 2 aromatic rings. The molecule has 1 N–H and O–H groups in total. The van der Waals surface area contributed by atoms with Crippen LogP contribution in [0.3, 0.4) is 0 Å². The fraction of sp³-hybridized carbons (Fsp3) is 0.381. The predicted octanol–water partition coefficient (Wildman–Crippen LogP) is 3.88. The minimum absolute atomic E-state index is 0.0320. The van der Waals surface area contributed by atoms with Crippen LogP contribution in [0.1, 0.15) is 18.4 Å². The molecule has 5 heteroatoms. The third kappa shape index (κ3) is 5.84. The van der Waals surface area contributed by atoms with E-state index < -0.39 is 0 Å². The summed E-state index contributed by atoms with van der Waals surface area (Å²) in [5.74, 6) is -0.0320. The molecule has 1 fully saturated rings. The lowest BCUT2D eigenvalue weighted by Gasteiger charge is -2.25. The molecule has 26 heavy (non-hydrogen) atoms. The molecule has 2 aromatic carbocycles. The number of carbonyl (C=O) groups is 1. The van der Waals surface area contributed by atoms with Crippen LogP contribution in [0.2, 0.25) is 5.02 Å². The first-order valence-electron chi connectivity index (χ1n) is 9.24. The number of benzene rings is 2. The van der Waals surface area contributed by atoms with Crippen molar-refractivity contribution >= 4 is 23.2 Å². The Hall–Kier alpha value is -1.88. The van der Waals surface area contributed by atoms with Crippen molar-refractivity contribution in [3.05, 3.63) is 65.2 Å². The zero-order valence-corrected chi connectivity index (χ0v) is 15.8. The summed E-state index contributed by atoms with van der Waals surface area (Å²) >= 11 is 6.15. The fourth-order valence-electron chi connectivity index (χ4n) is 3.30. The summed E-state index contributed by atoms with van der Waals surface area (Å²) in [4.78, 5) is 17.2. The average Bonchev–Trinajstić information content (AvgIpc) is 3.16. The predicted molar refractivity (Wildman–Crippen MR) is 107 cm³/mol. The van der Waals surface area contributed by atoms with Gasteiger partial charge in [0, 0.05) is 19.6 Å². The zero-order valence-electron chi connectivity index (χ0n) is 15.0. The van der Waals surface area contributed by atoms with Crippen LogP contribution in [0.15, 0.2) is 54.6 Å². The van der Waals surface area contributed by atoms with Gasteiger partial charge in [0.15, 0.2) is 0 Å². The number of amides is 1. The number of para-hydroxylation sites is 1. The first-order valence-corrected chi connectivity index (χ1v) is 9.61. The van der Waals surface area contributed by atoms with Crippen LogP contribution in [0.25, 0.3) is 0 Å². The Bertz CT molecular complexity index is 701. The maximum Gasteiger partial charge on any atom is 0.238 e. The summed E-state index contributed by atoms with van der Waals surface area (Å²) in [6, 6.07) is 17.6. The summed E-state index contributed by atoms with van der Waals surface area (Å²) in [7, 11) is 0. The van der Waals surface area contributed by atoms with Crippen molar-refractivity contribution in [2.75, 3.05) is 38.0 Å². The van der Waals surface area contributed by atoms with E-state index in [1.165, 1.54) is 31.5 Å². The lowest BCUT2D eigenvalue weighted by molar-refractivity contribution is -0.117. The SMILES string of the molecule is O=C(CN(CCN1CCCC1)Cc1ccccc1)Nc1ccccc1Cl. The van der Waals surface area contributed by atoms with Crippen LogP contribution in [-0.2, 0) is 11.3 Å². The Morgan fingerprint density at radius 2 is 1.73 bits per heavy atom. The van der Waals surface area contributed by atoms with E-state index in [-0.39, 0.29) is 5.91 Å². The van der Waals surface area contributed by atoms with Crippen molar-refractivity contribution in [1.82, 2.24) is 9.80 Å². The lowest BCUT2D eigenvalue weighted by Crippen LogP contribution is -2.38. The molecule has 1 amide bonds. The third-order valence-electron chi connectivity index (χ3n) is 4.70. The van der Waals surface area contributed by atoms with Gasteiger partial charge in [-0.15, -0.1) is 0 Å². The van der Waals surface area contributed by atoms with E-state index >= 15 is 0 Å². The molecular weight excluding hydrogens is 346 g/mol. The molecule has 4 nitrogen and oxygen atoms in total. The average molecular weight is 372 g/mol. The van der Waals surface area contributed by atoms with E-state index in [9.17, 15) is 4.79 Å². The van der Waals surface area contributed by atoms with E-state index in [1.807, 2.05) is 36.4 Å². The highest BCUT2D eigenvalue weighted by Gasteiger charge is 2.16. The second kappa shape index (κ2) is 9.72. The van der Waals surface area contributed by atoms with Crippen LogP contribution >= 0.6 is 11.6 Å². The Kier molecular flexibility index (Phi) is 7.06. The van der Waals surface area contributed by atoms with Crippen molar-refractivity contribution in [3.63, 3.8) is 0 Å². The summed E-state index contributed by atoms with van der Waals surface area (Å²) in [5, 5.41) is 3.49. The number of nitrogens with zero attached hydrogens (tertiary/aromatic N) is 2. The molecule has 1 aliphatic rings. The fourth-order valence-corrected chi connectivity index (χ4v) is 3.48. The number of nitrogens with one attached hydrogen (secondary N) is 1. The topological polar surface area (TPSA) is 35.6 Å². The molecule has 1 aliphatic heterocycles. The lowest BCUT2D eigenvalue weighted by atomic mass is 10.2. The van der Waals surface area contributed by atoms with E-state index in [0.717, 1.165) is 19.6 Å². The molecule has 0 spiro atoms. The smallest absolute Gasteiger partial charge is 0.238 e. The third-order valence-corrected chi connectivity index (χ3v) is 5.02. The van der Waals surface area contributed by atoms with E-state index in [1.54, 1.807) is 6.07 Å². The molecule has 1 heterocycles. The largest absolute Gasteiger partial charge is 0.324 e. The molecule has 0 bridgehead atoms. The van der Waals surface area contributed by atoms with Crippen LogP contribution in [-0.4, -0.2) is 48.4 Å². The van der Waals surface area contributed by atoms with Crippen LogP contribution in [0.5, 0.6) is 0 Å². The normalized spacial score (nSPS) is 14.7. The van der Waals surface area contributed by atoms with E-state index in [4.69, 9.17) is 11.6 Å². The van der Waals surface area contributed by atoms with Gasteiger partial charge in [0.05, 0.1) is 17.3 Å². The Balaban J connectivity index is 1.59. The molecule has 138 valence electrons. The van der Waals surface area contributed by atoms with Gasteiger partial charge in [0.2, 0.25) is 5.91 Å². The molecule has 0 saturated carbocycles. The number of carbonyl (C=O) groups excluding carboxylic acids is 1. The van der Waals surface area contributed by atoms with Gasteiger partial charge in [-0.25, -0.2) is 0 Å². The van der Waals surface area contributed by atoms with Gasteiger partial charge in [-0.2, -0.15) is 0 Å². The number of rotatable bonds is 8. The number of halogens is 1. The van der Waals surface area contributed by atoms with Gasteiger partial charge in [-0.3, -0.25) is 9.69 Å². The number of anilines is 1.